The zero-order chi connectivity index (χ0) is 12.1. The number of hydrogen-bond donors (Lipinski definition) is 0. The molecule has 2 aromatic heterocycles. The number of rotatable bonds is 6. The molecule has 2 heterocycles. The van der Waals surface area contributed by atoms with Crippen LogP contribution in [0.5, 0.6) is 0 Å². The molecule has 0 saturated carbocycles. The third-order valence-electron chi connectivity index (χ3n) is 2.27. The summed E-state index contributed by atoms with van der Waals surface area (Å²) in [4.78, 5) is 5.41. The highest BCUT2D eigenvalue weighted by Gasteiger charge is 2.09. The minimum atomic E-state index is -0.934. The van der Waals surface area contributed by atoms with Gasteiger partial charge in [0.2, 0.25) is 5.89 Å². The Bertz CT molecular complexity index is 479. The molecule has 1 atom stereocenters. The van der Waals surface area contributed by atoms with Gasteiger partial charge in [-0.2, -0.15) is 4.98 Å². The third kappa shape index (κ3) is 3.74. The maximum absolute atomic E-state index is 11.8. The lowest BCUT2D eigenvalue weighted by molar-refractivity contribution is 0.384. The van der Waals surface area contributed by atoms with Gasteiger partial charge in [-0.05, 0) is 17.9 Å². The largest absolute Gasteiger partial charge is 0.338 e. The van der Waals surface area contributed by atoms with Gasteiger partial charge in [-0.25, -0.2) is 0 Å². The Labute approximate surface area is 107 Å². The highest BCUT2D eigenvalue weighted by atomic mass is 32.2. The van der Waals surface area contributed by atoms with Crippen LogP contribution in [-0.4, -0.2) is 20.1 Å². The first-order valence-corrected chi connectivity index (χ1v) is 7.83. The quantitative estimate of drug-likeness (QED) is 0.807. The van der Waals surface area contributed by atoms with Crippen molar-refractivity contribution in [3.8, 4) is 0 Å². The maximum atomic E-state index is 11.8. The van der Waals surface area contributed by atoms with Gasteiger partial charge < -0.3 is 4.52 Å². The fourth-order valence-corrected chi connectivity index (χ4v) is 3.19. The number of aromatic nitrogens is 2. The molecule has 2 rings (SSSR count). The molecule has 6 heteroatoms. The van der Waals surface area contributed by atoms with Crippen LogP contribution in [0.1, 0.15) is 23.5 Å². The van der Waals surface area contributed by atoms with Crippen LogP contribution in [0.15, 0.2) is 22.0 Å². The van der Waals surface area contributed by atoms with Gasteiger partial charge >= 0.3 is 0 Å². The van der Waals surface area contributed by atoms with E-state index in [1.54, 1.807) is 11.3 Å². The summed E-state index contributed by atoms with van der Waals surface area (Å²) in [6, 6.07) is 4.07. The fourth-order valence-electron chi connectivity index (χ4n) is 1.37. The highest BCUT2D eigenvalue weighted by molar-refractivity contribution is 7.84. The SMILES string of the molecule is CCc1noc(C[S@](=O)CCc2cccs2)n1. The fraction of sp³-hybridized carbons (Fsp3) is 0.455. The zero-order valence-corrected chi connectivity index (χ0v) is 11.2. The van der Waals surface area contributed by atoms with Gasteiger partial charge in [0.05, 0.1) is 0 Å². The van der Waals surface area contributed by atoms with Gasteiger partial charge in [0, 0.05) is 27.9 Å². The molecule has 0 aliphatic heterocycles. The Morgan fingerprint density at radius 3 is 3.06 bits per heavy atom. The van der Waals surface area contributed by atoms with E-state index in [-0.39, 0.29) is 0 Å². The van der Waals surface area contributed by atoms with Crippen LogP contribution >= 0.6 is 11.3 Å². The lowest BCUT2D eigenvalue weighted by Crippen LogP contribution is -2.03. The molecule has 2 aromatic rings. The average molecular weight is 270 g/mol. The van der Waals surface area contributed by atoms with Crippen molar-refractivity contribution < 1.29 is 8.73 Å². The summed E-state index contributed by atoms with van der Waals surface area (Å²) in [7, 11) is -0.934. The first-order chi connectivity index (χ1) is 8.28. The summed E-state index contributed by atoms with van der Waals surface area (Å²) >= 11 is 1.69. The van der Waals surface area contributed by atoms with Crippen LogP contribution in [0.2, 0.25) is 0 Å². The summed E-state index contributed by atoms with van der Waals surface area (Å²) in [6.45, 7) is 1.96. The van der Waals surface area contributed by atoms with E-state index in [9.17, 15) is 4.21 Å². The van der Waals surface area contributed by atoms with Crippen molar-refractivity contribution in [2.75, 3.05) is 5.75 Å². The standard InChI is InChI=1S/C11H14N2O2S2/c1-2-10-12-11(15-13-10)8-17(14)7-5-9-4-3-6-16-9/h3-4,6H,2,5,7-8H2,1H3/t17-/m1/s1. The third-order valence-corrected chi connectivity index (χ3v) is 4.43. The van der Waals surface area contributed by atoms with Gasteiger partial charge in [0.15, 0.2) is 5.82 Å². The molecule has 4 nitrogen and oxygen atoms in total. The summed E-state index contributed by atoms with van der Waals surface area (Å²) in [5.74, 6) is 2.16. The molecule has 0 N–H and O–H groups in total. The Morgan fingerprint density at radius 2 is 2.41 bits per heavy atom. The topological polar surface area (TPSA) is 56.0 Å². The van der Waals surface area contributed by atoms with Gasteiger partial charge in [-0.1, -0.05) is 18.1 Å². The summed E-state index contributed by atoms with van der Waals surface area (Å²) in [5.41, 5.74) is 0. The molecular weight excluding hydrogens is 256 g/mol. The highest BCUT2D eigenvalue weighted by Crippen LogP contribution is 2.10. The zero-order valence-electron chi connectivity index (χ0n) is 9.59. The summed E-state index contributed by atoms with van der Waals surface area (Å²) < 4.78 is 16.8. The van der Waals surface area contributed by atoms with Crippen LogP contribution in [0.3, 0.4) is 0 Å². The molecule has 0 bridgehead atoms. The summed E-state index contributed by atoms with van der Waals surface area (Å²) in [6.07, 6.45) is 1.59. The minimum absolute atomic E-state index is 0.359. The average Bonchev–Trinajstić information content (AvgIpc) is 2.97. The maximum Gasteiger partial charge on any atom is 0.239 e. The van der Waals surface area contributed by atoms with E-state index in [1.165, 1.54) is 4.88 Å². The van der Waals surface area contributed by atoms with Crippen molar-refractivity contribution in [3.05, 3.63) is 34.1 Å². The molecular formula is C11H14N2O2S2. The van der Waals surface area contributed by atoms with Crippen LogP contribution < -0.4 is 0 Å². The second kappa shape index (κ2) is 6.07. The second-order valence-corrected chi connectivity index (χ2v) is 6.18. The normalized spacial score (nSPS) is 12.8. The van der Waals surface area contributed by atoms with Crippen LogP contribution in [0, 0.1) is 0 Å². The molecule has 0 spiro atoms. The lowest BCUT2D eigenvalue weighted by atomic mass is 10.4. The molecule has 0 saturated heterocycles. The van der Waals surface area contributed by atoms with E-state index >= 15 is 0 Å². The van der Waals surface area contributed by atoms with E-state index in [4.69, 9.17) is 4.52 Å². The minimum Gasteiger partial charge on any atom is -0.338 e. The lowest BCUT2D eigenvalue weighted by Gasteiger charge is -1.97. The van der Waals surface area contributed by atoms with E-state index in [0.29, 0.717) is 23.2 Å². The van der Waals surface area contributed by atoms with E-state index in [1.807, 2.05) is 18.4 Å². The number of nitrogens with zero attached hydrogens (tertiary/aromatic N) is 2. The monoisotopic (exact) mass is 270 g/mol. The number of aryl methyl sites for hydroxylation is 2. The van der Waals surface area contributed by atoms with Crippen molar-refractivity contribution in [2.45, 2.75) is 25.5 Å². The molecule has 0 radical (unpaired) electrons. The first kappa shape index (κ1) is 12.4. The molecule has 0 amide bonds. The Kier molecular flexibility index (Phi) is 4.44. The van der Waals surface area contributed by atoms with E-state index < -0.39 is 10.8 Å². The first-order valence-electron chi connectivity index (χ1n) is 5.46. The van der Waals surface area contributed by atoms with Crippen molar-refractivity contribution >= 4 is 22.1 Å². The Hall–Kier alpha value is -1.01. The second-order valence-electron chi connectivity index (χ2n) is 3.58. The van der Waals surface area contributed by atoms with Gasteiger partial charge in [0.25, 0.3) is 0 Å². The number of thiophene rings is 1. The molecule has 0 aromatic carbocycles. The molecule has 0 aliphatic carbocycles. The Balaban J connectivity index is 1.81. The van der Waals surface area contributed by atoms with E-state index in [0.717, 1.165) is 12.8 Å². The van der Waals surface area contributed by atoms with Crippen molar-refractivity contribution in [1.82, 2.24) is 10.1 Å². The van der Waals surface area contributed by atoms with E-state index in [2.05, 4.69) is 16.2 Å². The van der Waals surface area contributed by atoms with Crippen molar-refractivity contribution in [3.63, 3.8) is 0 Å². The molecule has 92 valence electrons. The van der Waals surface area contributed by atoms with Gasteiger partial charge in [-0.3, -0.25) is 4.21 Å². The number of hydrogen-bond acceptors (Lipinski definition) is 5. The van der Waals surface area contributed by atoms with Crippen LogP contribution in [0.25, 0.3) is 0 Å². The molecule has 0 aliphatic rings. The molecule has 0 fully saturated rings. The molecule has 0 unspecified atom stereocenters. The van der Waals surface area contributed by atoms with Crippen molar-refractivity contribution in [2.24, 2.45) is 0 Å². The predicted octanol–water partition coefficient (Wildman–Crippen LogP) is 2.18. The van der Waals surface area contributed by atoms with Crippen molar-refractivity contribution in [1.29, 1.82) is 0 Å². The van der Waals surface area contributed by atoms with Gasteiger partial charge in [-0.15, -0.1) is 11.3 Å². The molecule has 17 heavy (non-hydrogen) atoms. The van der Waals surface area contributed by atoms with Crippen LogP contribution in [0.4, 0.5) is 0 Å². The Morgan fingerprint density at radius 1 is 1.53 bits per heavy atom. The van der Waals surface area contributed by atoms with Gasteiger partial charge in [0.1, 0.15) is 5.75 Å². The van der Waals surface area contributed by atoms with Crippen LogP contribution in [-0.2, 0) is 29.4 Å². The summed E-state index contributed by atoms with van der Waals surface area (Å²) in [5, 5.41) is 5.81. The smallest absolute Gasteiger partial charge is 0.239 e. The predicted molar refractivity (Wildman–Crippen MR) is 68.4 cm³/mol.